The van der Waals surface area contributed by atoms with E-state index < -0.39 is 0 Å². The molecular formula is C14H21FN2O. The smallest absolute Gasteiger partial charge is 0.123 e. The molecule has 1 atom stereocenters. The first kappa shape index (κ1) is 13.5. The van der Waals surface area contributed by atoms with E-state index in [1.54, 1.807) is 12.1 Å². The first-order valence-corrected chi connectivity index (χ1v) is 6.34. The summed E-state index contributed by atoms with van der Waals surface area (Å²) >= 11 is 0. The molecule has 4 heteroatoms. The molecular weight excluding hydrogens is 231 g/mol. The number of ether oxygens (including phenoxy) is 1. The number of rotatable bonds is 5. The minimum Gasteiger partial charge on any atom is -0.381 e. The topological polar surface area (TPSA) is 38.5 Å². The summed E-state index contributed by atoms with van der Waals surface area (Å²) < 4.78 is 18.6. The normalized spacial score (nSPS) is 23.8. The van der Waals surface area contributed by atoms with Gasteiger partial charge in [0.2, 0.25) is 0 Å². The summed E-state index contributed by atoms with van der Waals surface area (Å²) in [4.78, 5) is 2.19. The highest BCUT2D eigenvalue weighted by Gasteiger charge is 2.34. The summed E-state index contributed by atoms with van der Waals surface area (Å²) in [5.41, 5.74) is 6.93. The summed E-state index contributed by atoms with van der Waals surface area (Å²) in [7, 11) is 2.04. The third kappa shape index (κ3) is 3.28. The molecule has 1 aliphatic heterocycles. The largest absolute Gasteiger partial charge is 0.381 e. The fraction of sp³-hybridized carbons (Fsp3) is 0.571. The predicted molar refractivity (Wildman–Crippen MR) is 69.7 cm³/mol. The Bertz CT molecular complexity index is 391. The molecule has 0 spiro atoms. The number of hydrogen-bond acceptors (Lipinski definition) is 3. The lowest BCUT2D eigenvalue weighted by Crippen LogP contribution is -2.41. The standard InChI is InChI=1S/C14H21FN2O/c1-17(8-12-3-2-4-13(15)7-12)10-14(9-16)5-6-18-11-14/h2-4,7H,5-6,8-11,16H2,1H3. The van der Waals surface area contributed by atoms with E-state index in [9.17, 15) is 4.39 Å². The average Bonchev–Trinajstić information content (AvgIpc) is 2.78. The first-order valence-electron chi connectivity index (χ1n) is 6.34. The van der Waals surface area contributed by atoms with E-state index in [0.717, 1.165) is 38.3 Å². The summed E-state index contributed by atoms with van der Waals surface area (Å²) in [5.74, 6) is -0.182. The van der Waals surface area contributed by atoms with Crippen LogP contribution in [0.25, 0.3) is 0 Å². The van der Waals surface area contributed by atoms with Gasteiger partial charge < -0.3 is 15.4 Å². The van der Waals surface area contributed by atoms with E-state index in [2.05, 4.69) is 4.90 Å². The van der Waals surface area contributed by atoms with E-state index in [-0.39, 0.29) is 11.2 Å². The van der Waals surface area contributed by atoms with E-state index in [0.29, 0.717) is 6.54 Å². The highest BCUT2D eigenvalue weighted by atomic mass is 19.1. The van der Waals surface area contributed by atoms with Gasteiger partial charge >= 0.3 is 0 Å². The van der Waals surface area contributed by atoms with Crippen molar-refractivity contribution in [2.24, 2.45) is 11.1 Å². The summed E-state index contributed by atoms with van der Waals surface area (Å²) in [5, 5.41) is 0. The van der Waals surface area contributed by atoms with Crippen LogP contribution >= 0.6 is 0 Å². The molecule has 1 fully saturated rings. The van der Waals surface area contributed by atoms with Crippen molar-refractivity contribution in [2.75, 3.05) is 33.4 Å². The van der Waals surface area contributed by atoms with Gasteiger partial charge in [-0.3, -0.25) is 0 Å². The number of hydrogen-bond donors (Lipinski definition) is 1. The molecule has 0 bridgehead atoms. The average molecular weight is 252 g/mol. The van der Waals surface area contributed by atoms with Gasteiger partial charge in [0.05, 0.1) is 6.61 Å². The van der Waals surface area contributed by atoms with Crippen LogP contribution in [0.1, 0.15) is 12.0 Å². The van der Waals surface area contributed by atoms with Gasteiger partial charge in [0.1, 0.15) is 5.82 Å². The third-order valence-electron chi connectivity index (χ3n) is 3.56. The lowest BCUT2D eigenvalue weighted by atomic mass is 9.87. The quantitative estimate of drug-likeness (QED) is 0.865. The lowest BCUT2D eigenvalue weighted by Gasteiger charge is -2.31. The Morgan fingerprint density at radius 2 is 2.33 bits per heavy atom. The Balaban J connectivity index is 1.93. The Morgan fingerprint density at radius 1 is 1.50 bits per heavy atom. The second-order valence-electron chi connectivity index (χ2n) is 5.31. The van der Waals surface area contributed by atoms with Gasteiger partial charge in [-0.05, 0) is 31.2 Å². The predicted octanol–water partition coefficient (Wildman–Crippen LogP) is 1.62. The lowest BCUT2D eigenvalue weighted by molar-refractivity contribution is 0.123. The van der Waals surface area contributed by atoms with Crippen LogP contribution < -0.4 is 5.73 Å². The third-order valence-corrected chi connectivity index (χ3v) is 3.56. The van der Waals surface area contributed by atoms with Crippen LogP contribution in [0.3, 0.4) is 0 Å². The number of nitrogens with two attached hydrogens (primary N) is 1. The zero-order valence-electron chi connectivity index (χ0n) is 10.9. The van der Waals surface area contributed by atoms with Crippen molar-refractivity contribution in [1.82, 2.24) is 4.90 Å². The van der Waals surface area contributed by atoms with Crippen LogP contribution in [0.15, 0.2) is 24.3 Å². The minimum absolute atomic E-state index is 0.0715. The molecule has 2 N–H and O–H groups in total. The molecule has 0 aliphatic carbocycles. The molecule has 1 saturated heterocycles. The highest BCUT2D eigenvalue weighted by Crippen LogP contribution is 2.28. The van der Waals surface area contributed by atoms with Crippen molar-refractivity contribution in [3.63, 3.8) is 0 Å². The monoisotopic (exact) mass is 252 g/mol. The van der Waals surface area contributed by atoms with Crippen LogP contribution in [0, 0.1) is 11.2 Å². The summed E-state index contributed by atoms with van der Waals surface area (Å²) in [6, 6.07) is 6.74. The molecule has 1 unspecified atom stereocenters. The van der Waals surface area contributed by atoms with Crippen molar-refractivity contribution in [1.29, 1.82) is 0 Å². The SMILES string of the molecule is CN(Cc1cccc(F)c1)CC1(CN)CCOC1. The maximum atomic E-state index is 13.1. The number of nitrogens with zero attached hydrogens (tertiary/aromatic N) is 1. The molecule has 0 amide bonds. The van der Waals surface area contributed by atoms with Crippen molar-refractivity contribution >= 4 is 0 Å². The van der Waals surface area contributed by atoms with Crippen LogP contribution in [-0.2, 0) is 11.3 Å². The number of halogens is 1. The molecule has 100 valence electrons. The molecule has 1 aliphatic rings. The minimum atomic E-state index is -0.182. The summed E-state index contributed by atoms with van der Waals surface area (Å²) in [6.07, 6.45) is 1.01. The van der Waals surface area contributed by atoms with Crippen molar-refractivity contribution < 1.29 is 9.13 Å². The molecule has 2 rings (SSSR count). The van der Waals surface area contributed by atoms with Gasteiger partial charge in [0.15, 0.2) is 0 Å². The zero-order chi connectivity index (χ0) is 13.0. The van der Waals surface area contributed by atoms with Gasteiger partial charge in [0.25, 0.3) is 0 Å². The molecule has 3 nitrogen and oxygen atoms in total. The van der Waals surface area contributed by atoms with Gasteiger partial charge in [-0.25, -0.2) is 4.39 Å². The van der Waals surface area contributed by atoms with Crippen molar-refractivity contribution in [2.45, 2.75) is 13.0 Å². The fourth-order valence-electron chi connectivity index (χ4n) is 2.58. The first-order chi connectivity index (χ1) is 8.63. The molecule has 1 aromatic carbocycles. The van der Waals surface area contributed by atoms with Gasteiger partial charge in [0, 0.05) is 31.7 Å². The molecule has 0 radical (unpaired) electrons. The Hall–Kier alpha value is -0.970. The van der Waals surface area contributed by atoms with Crippen LogP contribution in [0.4, 0.5) is 4.39 Å². The highest BCUT2D eigenvalue weighted by molar-refractivity contribution is 5.16. The fourth-order valence-corrected chi connectivity index (χ4v) is 2.58. The van der Waals surface area contributed by atoms with Gasteiger partial charge in [-0.1, -0.05) is 12.1 Å². The Labute approximate surface area is 108 Å². The zero-order valence-corrected chi connectivity index (χ0v) is 10.9. The van der Waals surface area contributed by atoms with Crippen molar-refractivity contribution in [3.8, 4) is 0 Å². The molecule has 0 saturated carbocycles. The van der Waals surface area contributed by atoms with Crippen LogP contribution in [0.5, 0.6) is 0 Å². The van der Waals surface area contributed by atoms with Crippen LogP contribution in [0.2, 0.25) is 0 Å². The molecule has 1 aromatic rings. The van der Waals surface area contributed by atoms with Gasteiger partial charge in [-0.2, -0.15) is 0 Å². The number of benzene rings is 1. The van der Waals surface area contributed by atoms with Gasteiger partial charge in [-0.15, -0.1) is 0 Å². The second kappa shape index (κ2) is 5.78. The van der Waals surface area contributed by atoms with Crippen LogP contribution in [-0.4, -0.2) is 38.3 Å². The van der Waals surface area contributed by atoms with E-state index in [4.69, 9.17) is 10.5 Å². The molecule has 0 aromatic heterocycles. The van der Waals surface area contributed by atoms with E-state index >= 15 is 0 Å². The molecule has 1 heterocycles. The summed E-state index contributed by atoms with van der Waals surface area (Å²) in [6.45, 7) is 3.79. The maximum Gasteiger partial charge on any atom is 0.123 e. The molecule has 18 heavy (non-hydrogen) atoms. The van der Waals surface area contributed by atoms with E-state index in [1.807, 2.05) is 13.1 Å². The van der Waals surface area contributed by atoms with Crippen molar-refractivity contribution in [3.05, 3.63) is 35.6 Å². The van der Waals surface area contributed by atoms with E-state index in [1.165, 1.54) is 6.07 Å². The maximum absolute atomic E-state index is 13.1. The Morgan fingerprint density at radius 3 is 2.94 bits per heavy atom. The second-order valence-corrected chi connectivity index (χ2v) is 5.31. The Kier molecular flexibility index (Phi) is 4.32.